The molecule has 0 amide bonds. The van der Waals surface area contributed by atoms with Gasteiger partial charge in [-0.15, -0.1) is 0 Å². The van der Waals surface area contributed by atoms with Crippen molar-refractivity contribution in [2.45, 2.75) is 6.54 Å². The van der Waals surface area contributed by atoms with E-state index in [0.29, 0.717) is 17.4 Å². The Hall–Kier alpha value is -0.770. The molecule has 0 saturated carbocycles. The van der Waals surface area contributed by atoms with E-state index in [1.165, 1.54) is 0 Å². The molecule has 3 nitrogen and oxygen atoms in total. The summed E-state index contributed by atoms with van der Waals surface area (Å²) in [4.78, 5) is 0. The lowest BCUT2D eigenvalue weighted by molar-refractivity contribution is 0.199. The predicted molar refractivity (Wildman–Crippen MR) is 61.6 cm³/mol. The molecular weight excluding hydrogens is 214 g/mol. The monoisotopic (exact) mass is 229 g/mol. The number of rotatable bonds is 6. The molecule has 0 unspecified atom stereocenters. The van der Waals surface area contributed by atoms with Gasteiger partial charge in [0.05, 0.1) is 18.7 Å². The minimum absolute atomic E-state index is 0.637. The standard InChI is InChI=1S/C11H16ClNO2/c1-14-6-5-13-8-9-3-4-10(12)11(7-9)15-2/h3-4,7,13H,5-6,8H2,1-2H3. The van der Waals surface area contributed by atoms with Gasteiger partial charge in [-0.2, -0.15) is 0 Å². The molecule has 1 aromatic rings. The molecule has 0 atom stereocenters. The van der Waals surface area contributed by atoms with Crippen LogP contribution < -0.4 is 10.1 Å². The second-order valence-corrected chi connectivity index (χ2v) is 3.55. The molecule has 0 aliphatic carbocycles. The quantitative estimate of drug-likeness (QED) is 0.758. The molecule has 84 valence electrons. The lowest BCUT2D eigenvalue weighted by Gasteiger charge is -2.07. The number of ether oxygens (including phenoxy) is 2. The van der Waals surface area contributed by atoms with Gasteiger partial charge in [0.2, 0.25) is 0 Å². The van der Waals surface area contributed by atoms with E-state index >= 15 is 0 Å². The molecule has 0 aliphatic heterocycles. The fourth-order valence-electron chi connectivity index (χ4n) is 1.22. The molecule has 4 heteroatoms. The SMILES string of the molecule is COCCNCc1ccc(Cl)c(OC)c1. The molecule has 15 heavy (non-hydrogen) atoms. The van der Waals surface area contributed by atoms with E-state index in [4.69, 9.17) is 21.1 Å². The van der Waals surface area contributed by atoms with E-state index in [2.05, 4.69) is 5.32 Å². The molecule has 0 aliphatic rings. The smallest absolute Gasteiger partial charge is 0.137 e. The maximum Gasteiger partial charge on any atom is 0.137 e. The van der Waals surface area contributed by atoms with Crippen LogP contribution in [0.2, 0.25) is 5.02 Å². The molecule has 0 spiro atoms. The topological polar surface area (TPSA) is 30.5 Å². The third-order valence-corrected chi connectivity index (χ3v) is 2.34. The Bertz CT molecular complexity index is 305. The maximum atomic E-state index is 5.91. The largest absolute Gasteiger partial charge is 0.495 e. The van der Waals surface area contributed by atoms with E-state index < -0.39 is 0 Å². The molecule has 0 radical (unpaired) electrons. The number of hydrogen-bond donors (Lipinski definition) is 1. The molecular formula is C11H16ClNO2. The second-order valence-electron chi connectivity index (χ2n) is 3.14. The van der Waals surface area contributed by atoms with Crippen molar-refractivity contribution in [3.63, 3.8) is 0 Å². The van der Waals surface area contributed by atoms with Crippen LogP contribution in [-0.2, 0) is 11.3 Å². The third-order valence-electron chi connectivity index (χ3n) is 2.03. The summed E-state index contributed by atoms with van der Waals surface area (Å²) < 4.78 is 10.1. The number of hydrogen-bond acceptors (Lipinski definition) is 3. The minimum atomic E-state index is 0.637. The Balaban J connectivity index is 2.47. The van der Waals surface area contributed by atoms with Crippen molar-refractivity contribution in [2.24, 2.45) is 0 Å². The van der Waals surface area contributed by atoms with Crippen LogP contribution in [0, 0.1) is 0 Å². The molecule has 0 bridgehead atoms. The molecule has 0 aromatic heterocycles. The third kappa shape index (κ3) is 4.08. The van der Waals surface area contributed by atoms with Crippen LogP contribution in [-0.4, -0.2) is 27.4 Å². The summed E-state index contributed by atoms with van der Waals surface area (Å²) in [5, 5.41) is 3.89. The van der Waals surface area contributed by atoms with Crippen LogP contribution in [0.1, 0.15) is 5.56 Å². The van der Waals surface area contributed by atoms with Crippen LogP contribution in [0.5, 0.6) is 5.75 Å². The summed E-state index contributed by atoms with van der Waals surface area (Å²) in [6.07, 6.45) is 0. The Morgan fingerprint density at radius 2 is 2.13 bits per heavy atom. The Morgan fingerprint density at radius 3 is 2.80 bits per heavy atom. The van der Waals surface area contributed by atoms with Crippen molar-refractivity contribution in [1.82, 2.24) is 5.32 Å². The highest BCUT2D eigenvalue weighted by Gasteiger charge is 2.01. The summed E-state index contributed by atoms with van der Waals surface area (Å²) in [5.41, 5.74) is 1.15. The van der Waals surface area contributed by atoms with Gasteiger partial charge >= 0.3 is 0 Å². The van der Waals surface area contributed by atoms with Gasteiger partial charge in [-0.05, 0) is 17.7 Å². The number of benzene rings is 1. The van der Waals surface area contributed by atoms with E-state index in [-0.39, 0.29) is 0 Å². The van der Waals surface area contributed by atoms with E-state index in [9.17, 15) is 0 Å². The number of halogens is 1. The Labute approximate surface area is 95.3 Å². The van der Waals surface area contributed by atoms with Gasteiger partial charge in [0.25, 0.3) is 0 Å². The highest BCUT2D eigenvalue weighted by molar-refractivity contribution is 6.32. The van der Waals surface area contributed by atoms with Gasteiger partial charge in [0, 0.05) is 20.2 Å². The second kappa shape index (κ2) is 6.67. The maximum absolute atomic E-state index is 5.91. The van der Waals surface area contributed by atoms with Gasteiger partial charge in [-0.3, -0.25) is 0 Å². The van der Waals surface area contributed by atoms with Gasteiger partial charge in [0.1, 0.15) is 5.75 Å². The first-order valence-corrected chi connectivity index (χ1v) is 5.17. The van der Waals surface area contributed by atoms with Crippen LogP contribution in [0.3, 0.4) is 0 Å². The fraction of sp³-hybridized carbons (Fsp3) is 0.455. The van der Waals surface area contributed by atoms with Crippen LogP contribution in [0.15, 0.2) is 18.2 Å². The summed E-state index contributed by atoms with van der Waals surface area (Å²) in [6.45, 7) is 2.34. The summed E-state index contributed by atoms with van der Waals surface area (Å²) in [7, 11) is 3.30. The Morgan fingerprint density at radius 1 is 1.33 bits per heavy atom. The van der Waals surface area contributed by atoms with E-state index in [0.717, 1.165) is 18.7 Å². The van der Waals surface area contributed by atoms with Crippen molar-refractivity contribution >= 4 is 11.6 Å². The summed E-state index contributed by atoms with van der Waals surface area (Å²) in [5.74, 6) is 0.711. The van der Waals surface area contributed by atoms with Crippen molar-refractivity contribution < 1.29 is 9.47 Å². The molecule has 0 fully saturated rings. The van der Waals surface area contributed by atoms with Gasteiger partial charge in [-0.25, -0.2) is 0 Å². The Kier molecular flexibility index (Phi) is 5.47. The lowest BCUT2D eigenvalue weighted by atomic mass is 10.2. The normalized spacial score (nSPS) is 10.3. The zero-order valence-electron chi connectivity index (χ0n) is 9.05. The van der Waals surface area contributed by atoms with E-state index in [1.54, 1.807) is 14.2 Å². The first kappa shape index (κ1) is 12.3. The van der Waals surface area contributed by atoms with Crippen LogP contribution in [0.4, 0.5) is 0 Å². The van der Waals surface area contributed by atoms with Crippen molar-refractivity contribution in [3.8, 4) is 5.75 Å². The summed E-state index contributed by atoms with van der Waals surface area (Å²) in [6, 6.07) is 5.75. The predicted octanol–water partition coefficient (Wildman–Crippen LogP) is 2.08. The zero-order chi connectivity index (χ0) is 11.1. The molecule has 0 heterocycles. The molecule has 0 saturated heterocycles. The minimum Gasteiger partial charge on any atom is -0.495 e. The van der Waals surface area contributed by atoms with E-state index in [1.807, 2.05) is 18.2 Å². The fourth-order valence-corrected chi connectivity index (χ4v) is 1.42. The highest BCUT2D eigenvalue weighted by Crippen LogP contribution is 2.24. The van der Waals surface area contributed by atoms with Gasteiger partial charge in [0.15, 0.2) is 0 Å². The first-order valence-electron chi connectivity index (χ1n) is 4.80. The van der Waals surface area contributed by atoms with Gasteiger partial charge in [-0.1, -0.05) is 17.7 Å². The summed E-state index contributed by atoms with van der Waals surface area (Å²) >= 11 is 5.91. The zero-order valence-corrected chi connectivity index (χ0v) is 9.80. The number of methoxy groups -OCH3 is 2. The number of nitrogens with one attached hydrogen (secondary N) is 1. The van der Waals surface area contributed by atoms with Crippen LogP contribution >= 0.6 is 11.6 Å². The molecule has 1 aromatic carbocycles. The van der Waals surface area contributed by atoms with Gasteiger partial charge < -0.3 is 14.8 Å². The first-order chi connectivity index (χ1) is 7.27. The highest BCUT2D eigenvalue weighted by atomic mass is 35.5. The lowest BCUT2D eigenvalue weighted by Crippen LogP contribution is -2.18. The van der Waals surface area contributed by atoms with Crippen molar-refractivity contribution in [3.05, 3.63) is 28.8 Å². The average molecular weight is 230 g/mol. The molecule has 1 rings (SSSR count). The van der Waals surface area contributed by atoms with Crippen molar-refractivity contribution in [2.75, 3.05) is 27.4 Å². The van der Waals surface area contributed by atoms with Crippen LogP contribution in [0.25, 0.3) is 0 Å². The molecule has 1 N–H and O–H groups in total. The average Bonchev–Trinajstić information content (AvgIpc) is 2.26. The van der Waals surface area contributed by atoms with Crippen molar-refractivity contribution in [1.29, 1.82) is 0 Å².